The van der Waals surface area contributed by atoms with Crippen LogP contribution in [0.25, 0.3) is 5.32 Å². The first-order valence-corrected chi connectivity index (χ1v) is 8.56. The average molecular weight is 435 g/mol. The van der Waals surface area contributed by atoms with Gasteiger partial charge in [-0.2, -0.15) is 5.75 Å². The summed E-state index contributed by atoms with van der Waals surface area (Å²) in [6.07, 6.45) is 0. The number of hydrogen-bond donors (Lipinski definition) is 1. The van der Waals surface area contributed by atoms with E-state index in [0.717, 1.165) is 18.9 Å². The molecule has 0 saturated carbocycles. The van der Waals surface area contributed by atoms with Crippen molar-refractivity contribution in [1.29, 1.82) is 0 Å². The Labute approximate surface area is 152 Å². The zero-order valence-corrected chi connectivity index (χ0v) is 16.1. The maximum atomic E-state index is 11.5. The Morgan fingerprint density at radius 3 is 2.09 bits per heavy atom. The predicted molar refractivity (Wildman–Crippen MR) is 82.2 cm³/mol. The molecule has 0 aliphatic heterocycles. The van der Waals surface area contributed by atoms with Crippen LogP contribution in [-0.2, 0) is 66.7 Å². The van der Waals surface area contributed by atoms with E-state index in [9.17, 15) is 9.59 Å². The van der Waals surface area contributed by atoms with Crippen molar-refractivity contribution < 1.29 is 41.4 Å². The van der Waals surface area contributed by atoms with Gasteiger partial charge in [0.1, 0.15) is 0 Å². The van der Waals surface area contributed by atoms with Gasteiger partial charge in [-0.3, -0.25) is 9.59 Å². The number of carbonyl (C=O) groups excluding carboxylic acids is 2. The molecule has 0 fully saturated rings. The van der Waals surface area contributed by atoms with Gasteiger partial charge < -0.3 is 45.4 Å². The molecule has 0 aromatic carbocycles. The van der Waals surface area contributed by atoms with Crippen LogP contribution < -0.4 is 5.32 Å². The molecular formula is C12H21N2O5S2Tc. The third kappa shape index (κ3) is 11.6. The molecule has 0 aromatic heterocycles. The summed E-state index contributed by atoms with van der Waals surface area (Å²) in [5, 5.41) is 7.09. The Morgan fingerprint density at radius 1 is 1.09 bits per heavy atom. The normalized spacial score (nSPS) is 12.5. The van der Waals surface area contributed by atoms with E-state index < -0.39 is 18.1 Å². The fraction of sp³-hybridized carbons (Fsp3) is 0.833. The second-order valence-electron chi connectivity index (χ2n) is 3.77. The van der Waals surface area contributed by atoms with E-state index in [0.29, 0.717) is 26.3 Å². The van der Waals surface area contributed by atoms with Crippen molar-refractivity contribution in [1.82, 2.24) is 5.32 Å². The van der Waals surface area contributed by atoms with Crippen LogP contribution in [0.15, 0.2) is 0 Å². The van der Waals surface area contributed by atoms with Crippen molar-refractivity contribution in [2.45, 2.75) is 25.9 Å². The fourth-order valence-electron chi connectivity index (χ4n) is 1.35. The molecular weight excluding hydrogens is 414 g/mol. The summed E-state index contributed by atoms with van der Waals surface area (Å²) in [6, 6.07) is -1.15. The maximum absolute atomic E-state index is 11.5. The van der Waals surface area contributed by atoms with Gasteiger partial charge in [-0.1, -0.05) is 6.04 Å². The van der Waals surface area contributed by atoms with Gasteiger partial charge in [-0.15, -0.1) is 12.3 Å². The summed E-state index contributed by atoms with van der Waals surface area (Å²) in [6.45, 7) is 4.86. The number of nitrogens with one attached hydrogen (secondary N) is 1. The summed E-state index contributed by atoms with van der Waals surface area (Å²) >= 11 is 10.6. The third-order valence-corrected chi connectivity index (χ3v) is 2.96. The topological polar surface area (TPSA) is 95.8 Å². The minimum absolute atomic E-state index is 0.182. The van der Waals surface area contributed by atoms with Crippen LogP contribution in [-0.4, -0.2) is 61.8 Å². The number of esters is 2. The van der Waals surface area contributed by atoms with Gasteiger partial charge in [0.25, 0.3) is 5.97 Å². The number of rotatable bonds is 11. The predicted octanol–water partition coefficient (Wildman–Crippen LogP) is -0.214. The molecule has 22 heavy (non-hydrogen) atoms. The van der Waals surface area contributed by atoms with Gasteiger partial charge in [-0.25, -0.2) is 0 Å². The molecule has 0 aromatic rings. The first-order valence-electron chi connectivity index (χ1n) is 6.65. The summed E-state index contributed by atoms with van der Waals surface area (Å²) in [5.41, 5.74) is 0. The van der Waals surface area contributed by atoms with Crippen LogP contribution >= 0.6 is 0 Å². The molecule has 1 N–H and O–H groups in total. The molecule has 0 heterocycles. The van der Waals surface area contributed by atoms with Gasteiger partial charge in [0, 0.05) is 0 Å². The Kier molecular flexibility index (Phi) is 19.2. The van der Waals surface area contributed by atoms with Crippen LogP contribution in [0.4, 0.5) is 0 Å². The fourth-order valence-corrected chi connectivity index (χ4v) is 1.84. The van der Waals surface area contributed by atoms with E-state index in [-0.39, 0.29) is 17.5 Å². The van der Waals surface area contributed by atoms with Crippen molar-refractivity contribution in [2.75, 3.05) is 37.8 Å². The van der Waals surface area contributed by atoms with Crippen molar-refractivity contribution in [3.63, 3.8) is 0 Å². The molecule has 128 valence electrons. The molecule has 0 aliphatic carbocycles. The van der Waals surface area contributed by atoms with Crippen molar-refractivity contribution in [2.24, 2.45) is 0 Å². The van der Waals surface area contributed by atoms with Crippen LogP contribution in [0.1, 0.15) is 13.8 Å². The molecule has 0 aliphatic rings. The van der Waals surface area contributed by atoms with E-state index >= 15 is 0 Å². The molecule has 0 amide bonds. The van der Waals surface area contributed by atoms with Crippen LogP contribution in [0.2, 0.25) is 0 Å². The molecule has 0 bridgehead atoms. The van der Waals surface area contributed by atoms with E-state index in [4.69, 9.17) is 38.2 Å². The van der Waals surface area contributed by atoms with E-state index in [2.05, 4.69) is 10.6 Å². The summed E-state index contributed by atoms with van der Waals surface area (Å²) in [7, 11) is 0. The quantitative estimate of drug-likeness (QED) is 0.271. The minimum atomic E-state index is -0.628. The molecule has 0 saturated heterocycles. The molecule has 10 heteroatoms. The van der Waals surface area contributed by atoms with E-state index in [1.807, 2.05) is 0 Å². The Hall–Kier alpha value is 0.00935. The SMILES string of the molecule is CCOC(=O)C(C[S-])[N-]CCNC(C[S-])C(=O)OCC.[O]=[Tc+3]. The van der Waals surface area contributed by atoms with Gasteiger partial charge in [-0.05, 0) is 20.4 Å². The monoisotopic (exact) mass is 434 g/mol. The number of nitrogens with zero attached hydrogens (tertiary/aromatic N) is 1. The Morgan fingerprint density at radius 2 is 1.64 bits per heavy atom. The summed E-state index contributed by atoms with van der Waals surface area (Å²) in [5.74, 6) is -0.372. The van der Waals surface area contributed by atoms with Crippen LogP contribution in [0, 0.1) is 0 Å². The molecule has 0 spiro atoms. The number of hydrogen-bond acceptors (Lipinski definition) is 8. The van der Waals surface area contributed by atoms with Gasteiger partial charge in [0.2, 0.25) is 0 Å². The third-order valence-electron chi connectivity index (χ3n) is 2.31. The number of ether oxygens (including phenoxy) is 2. The first-order chi connectivity index (χ1) is 10.6. The van der Waals surface area contributed by atoms with Gasteiger partial charge in [0.05, 0.1) is 19.3 Å². The first kappa shape index (κ1) is 24.3. The second kappa shape index (κ2) is 17.4. The summed E-state index contributed by atoms with van der Waals surface area (Å²) < 4.78 is 17.9. The van der Waals surface area contributed by atoms with Crippen LogP contribution in [0.3, 0.4) is 0 Å². The van der Waals surface area contributed by atoms with E-state index in [1.165, 1.54) is 0 Å². The van der Waals surface area contributed by atoms with Crippen molar-refractivity contribution >= 4 is 37.2 Å². The number of carbonyl (C=O) groups is 2. The van der Waals surface area contributed by atoms with Gasteiger partial charge in [0.15, 0.2) is 0 Å². The zero-order valence-electron chi connectivity index (χ0n) is 12.6. The molecule has 0 rings (SSSR count). The van der Waals surface area contributed by atoms with Crippen molar-refractivity contribution in [3.05, 3.63) is 5.32 Å². The van der Waals surface area contributed by atoms with Crippen LogP contribution in [0.5, 0.6) is 0 Å². The Bertz CT molecular complexity index is 285. The van der Waals surface area contributed by atoms with Crippen molar-refractivity contribution in [3.8, 4) is 0 Å². The molecule has 2 atom stereocenters. The average Bonchev–Trinajstić information content (AvgIpc) is 2.53. The molecule has 0 radical (unpaired) electrons. The standard InChI is InChI=1S/C12H23N2O4S2.O.Tc/c1-3-17-11(15)9(7-19)13-5-6-14-10(8-20)12(16)18-4-2;;/h9-10,13,19-20H,3-8H2,1-2H3;;/q-1;;+3/p-2. The van der Waals surface area contributed by atoms with Gasteiger partial charge >= 0.3 is 28.3 Å². The zero-order chi connectivity index (χ0) is 17.4. The Balaban J connectivity index is 0. The molecule has 2 unspecified atom stereocenters. The molecule has 7 nitrogen and oxygen atoms in total. The summed E-state index contributed by atoms with van der Waals surface area (Å²) in [4.78, 5) is 22.9. The van der Waals surface area contributed by atoms with E-state index in [1.54, 1.807) is 13.8 Å². The second-order valence-corrected chi connectivity index (χ2v) is 4.43.